The van der Waals surface area contributed by atoms with Crippen molar-refractivity contribution in [2.24, 2.45) is 11.8 Å². The minimum Gasteiger partial charge on any atom is -0.481 e. The number of esters is 1. The van der Waals surface area contributed by atoms with Gasteiger partial charge in [-0.1, -0.05) is 27.7 Å². The summed E-state index contributed by atoms with van der Waals surface area (Å²) < 4.78 is 68.3. The summed E-state index contributed by atoms with van der Waals surface area (Å²) >= 11 is 0. The summed E-state index contributed by atoms with van der Waals surface area (Å²) in [6.07, 6.45) is 7.32. The number of aryl methyl sites for hydroxylation is 8. The van der Waals surface area contributed by atoms with Gasteiger partial charge in [-0.25, -0.2) is 17.6 Å². The Kier molecular flexibility index (Phi) is 24.3. The molecule has 4 heterocycles. The van der Waals surface area contributed by atoms with Crippen molar-refractivity contribution in [3.63, 3.8) is 0 Å². The first kappa shape index (κ1) is 70.2. The fourth-order valence-electron chi connectivity index (χ4n) is 13.0. The third-order valence-electron chi connectivity index (χ3n) is 17.9. The van der Waals surface area contributed by atoms with E-state index in [0.717, 1.165) is 85.5 Å². The van der Waals surface area contributed by atoms with Crippen LogP contribution in [-0.2, 0) is 36.8 Å². The molecule has 6 aromatic rings. The first-order valence-electron chi connectivity index (χ1n) is 32.0. The zero-order valence-corrected chi connectivity index (χ0v) is 55.0. The Labute approximate surface area is 528 Å². The molecule has 12 nitrogen and oxygen atoms in total. The van der Waals surface area contributed by atoms with Gasteiger partial charge in [0.1, 0.15) is 23.3 Å². The van der Waals surface area contributed by atoms with Crippen LogP contribution in [0.15, 0.2) is 82.6 Å². The van der Waals surface area contributed by atoms with Crippen LogP contribution in [0, 0.1) is 90.5 Å². The Balaban J connectivity index is 0.000000256. The highest BCUT2D eigenvalue weighted by Gasteiger charge is 2.33. The molecular weight excluding hydrogens is 1150 g/mol. The number of halogens is 4. The van der Waals surface area contributed by atoms with Gasteiger partial charge in [-0.2, -0.15) is 0 Å². The van der Waals surface area contributed by atoms with E-state index in [1.807, 2.05) is 47.7 Å². The second kappa shape index (κ2) is 31.1. The highest BCUT2D eigenvalue weighted by Crippen LogP contribution is 2.39. The van der Waals surface area contributed by atoms with Gasteiger partial charge < -0.3 is 28.8 Å². The molecule has 2 unspecified atom stereocenters. The molecule has 0 saturated carbocycles. The molecule has 0 aliphatic carbocycles. The number of nitrogens with zero attached hydrogens (tertiary/aromatic N) is 4. The second-order valence-electron chi connectivity index (χ2n) is 26.2. The van der Waals surface area contributed by atoms with E-state index in [-0.39, 0.29) is 83.2 Å². The Morgan fingerprint density at radius 2 is 0.867 bits per heavy atom. The van der Waals surface area contributed by atoms with Crippen molar-refractivity contribution >= 4 is 23.5 Å². The fraction of sp³-hybridized carbons (Fsp3) is 0.486. The van der Waals surface area contributed by atoms with Crippen molar-refractivity contribution in [2.75, 3.05) is 45.9 Å². The largest absolute Gasteiger partial charge is 0.481 e. The first-order chi connectivity index (χ1) is 42.5. The lowest BCUT2D eigenvalue weighted by atomic mass is 9.83. The second-order valence-corrected chi connectivity index (χ2v) is 26.2. The van der Waals surface area contributed by atoms with Crippen molar-refractivity contribution in [3.8, 4) is 22.3 Å². The average molecular weight is 1240 g/mol. The molecule has 2 saturated heterocycles. The van der Waals surface area contributed by atoms with Crippen LogP contribution < -0.4 is 11.1 Å². The van der Waals surface area contributed by atoms with Gasteiger partial charge in [-0.15, -0.1) is 0 Å². The van der Waals surface area contributed by atoms with Crippen LogP contribution in [0.2, 0.25) is 0 Å². The lowest BCUT2D eigenvalue weighted by Gasteiger charge is -2.31. The Morgan fingerprint density at radius 3 is 1.19 bits per heavy atom. The Hall–Kier alpha value is -7.30. The molecule has 4 aromatic carbocycles. The zero-order valence-electron chi connectivity index (χ0n) is 55.0. The van der Waals surface area contributed by atoms with Crippen LogP contribution in [-0.4, -0.2) is 93.4 Å². The summed E-state index contributed by atoms with van der Waals surface area (Å²) in [5.41, 5.74) is 9.89. The molecule has 484 valence electrons. The van der Waals surface area contributed by atoms with E-state index in [2.05, 4.69) is 9.80 Å². The number of aliphatic carboxylic acids is 1. The molecule has 2 aliphatic rings. The maximum absolute atomic E-state index is 16.0. The van der Waals surface area contributed by atoms with E-state index in [0.29, 0.717) is 57.3 Å². The highest BCUT2D eigenvalue weighted by atomic mass is 19.1. The molecule has 4 atom stereocenters. The minimum absolute atomic E-state index is 0.0753. The van der Waals surface area contributed by atoms with E-state index < -0.39 is 53.9 Å². The molecule has 8 rings (SSSR count). The molecule has 2 aromatic heterocycles. The van der Waals surface area contributed by atoms with E-state index in [1.165, 1.54) is 41.7 Å². The fourth-order valence-corrected chi connectivity index (χ4v) is 13.0. The summed E-state index contributed by atoms with van der Waals surface area (Å²) in [4.78, 5) is 84.6. The number of ketones is 2. The number of ether oxygens (including phenoxy) is 1. The van der Waals surface area contributed by atoms with Crippen molar-refractivity contribution in [3.05, 3.63) is 184 Å². The summed E-state index contributed by atoms with van der Waals surface area (Å²) in [5.74, 6) is -5.61. The number of benzene rings is 4. The number of Topliss-reactive ketones (excluding diaryl/α,β-unsaturated/α-hetero) is 2. The molecule has 90 heavy (non-hydrogen) atoms. The van der Waals surface area contributed by atoms with Crippen LogP contribution in [0.25, 0.3) is 22.3 Å². The normalized spacial score (nSPS) is 14.7. The lowest BCUT2D eigenvalue weighted by Crippen LogP contribution is -2.38. The lowest BCUT2D eigenvalue weighted by molar-refractivity contribution is -0.144. The van der Waals surface area contributed by atoms with Crippen LogP contribution in [0.3, 0.4) is 0 Å². The molecule has 0 amide bonds. The van der Waals surface area contributed by atoms with Crippen LogP contribution in [0.4, 0.5) is 17.6 Å². The van der Waals surface area contributed by atoms with Crippen molar-refractivity contribution in [2.45, 2.75) is 178 Å². The summed E-state index contributed by atoms with van der Waals surface area (Å²) in [6, 6.07) is 13.9. The average Bonchev–Trinajstić information content (AvgIpc) is 1.77. The standard InChI is InChI=1S/C38H48F2N2O4.C36H44F2N2O4/c1-8-46-36(45)21-29(32-19-30(15-27(7)38(32)40)37-25(5)16-31(39)17-26(37)6)20-34(43)33(14-23(2)3)42-22-28(24(4)18-35(42)44)10-13-41-11-9-12-41;1-21(2)12-31(40-20-26(22(3)16-33(40)42)8-11-39-9-7-10-39)32(41)18-27(19-34(43)44)30-17-28(13-25(6)36(30)38)35-23(4)14-29(37)15-24(35)5/h15-19,22-23,29,33H,8-14,20-21H2,1-7H3;13-17,20-21,27,31H,7-12,18-19H2,1-6H3,(H,43,44)/t29-,33?;27-,31?/m00/s1. The predicted molar refractivity (Wildman–Crippen MR) is 348 cm³/mol. The predicted octanol–water partition coefficient (Wildman–Crippen LogP) is 14.6. The molecule has 0 spiro atoms. The third kappa shape index (κ3) is 17.8. The van der Waals surface area contributed by atoms with Crippen LogP contribution in [0.1, 0.15) is 177 Å². The molecule has 2 aliphatic heterocycles. The number of carbonyl (C=O) groups excluding carboxylic acids is 3. The van der Waals surface area contributed by atoms with E-state index in [9.17, 15) is 42.7 Å². The number of aromatic nitrogens is 2. The highest BCUT2D eigenvalue weighted by molar-refractivity contribution is 5.86. The van der Waals surface area contributed by atoms with Gasteiger partial charge in [-0.05, 0) is 276 Å². The van der Waals surface area contributed by atoms with Crippen LogP contribution in [0.5, 0.6) is 0 Å². The maximum Gasteiger partial charge on any atom is 0.306 e. The quantitative estimate of drug-likeness (QED) is 0.0390. The number of likely N-dealkylation sites (tertiary alicyclic amines) is 2. The SMILES string of the molecule is CCOC(=O)C[C@H](CC(=O)C(CC(C)C)n1cc(CCN2CCC2)c(C)cc1=O)c1cc(-c2c(C)cc(F)cc2C)cc(C)c1F.Cc1cc(=O)n(C(CC(C)C)C(=O)C[C@@H](CC(=O)O)c2cc(-c3c(C)cc(F)cc3C)cc(C)c2F)cc1CCN1CCC1. The van der Waals surface area contributed by atoms with Gasteiger partial charge in [0.05, 0.1) is 31.5 Å². The molecule has 0 bridgehead atoms. The summed E-state index contributed by atoms with van der Waals surface area (Å²) in [6.45, 7) is 30.1. The van der Waals surface area contributed by atoms with E-state index in [4.69, 9.17) is 4.74 Å². The van der Waals surface area contributed by atoms with Gasteiger partial charge in [0.15, 0.2) is 11.6 Å². The minimum atomic E-state index is -1.15. The number of rotatable bonds is 27. The molecular formula is C74H92F4N4O8. The van der Waals surface area contributed by atoms with E-state index >= 15 is 8.78 Å². The van der Waals surface area contributed by atoms with E-state index in [1.54, 1.807) is 95.6 Å². The number of carboxylic acids is 1. The summed E-state index contributed by atoms with van der Waals surface area (Å²) in [5, 5.41) is 9.83. The first-order valence-corrected chi connectivity index (χ1v) is 32.0. The number of carbonyl (C=O) groups is 4. The number of pyridine rings is 2. The number of carboxylic acid groups (broad SMARTS) is 1. The van der Waals surface area contributed by atoms with Gasteiger partial charge in [-0.3, -0.25) is 28.8 Å². The van der Waals surface area contributed by atoms with Crippen molar-refractivity contribution in [1.29, 1.82) is 0 Å². The molecule has 2 fully saturated rings. The molecule has 0 radical (unpaired) electrons. The smallest absolute Gasteiger partial charge is 0.306 e. The van der Waals surface area contributed by atoms with Gasteiger partial charge in [0.2, 0.25) is 0 Å². The number of hydrogen-bond acceptors (Lipinski definition) is 9. The molecule has 16 heteroatoms. The zero-order chi connectivity index (χ0) is 66.0. The topological polar surface area (TPSA) is 148 Å². The Morgan fingerprint density at radius 1 is 0.500 bits per heavy atom. The van der Waals surface area contributed by atoms with Gasteiger partial charge >= 0.3 is 11.9 Å². The van der Waals surface area contributed by atoms with Crippen molar-refractivity contribution in [1.82, 2.24) is 18.9 Å². The monoisotopic (exact) mass is 1240 g/mol. The number of hydrogen-bond donors (Lipinski definition) is 1. The van der Waals surface area contributed by atoms with Crippen LogP contribution >= 0.6 is 0 Å². The third-order valence-corrected chi connectivity index (χ3v) is 17.9. The molecule has 1 N–H and O–H groups in total. The maximum atomic E-state index is 16.0. The van der Waals surface area contributed by atoms with Crippen molar-refractivity contribution < 1.29 is 46.6 Å². The summed E-state index contributed by atoms with van der Waals surface area (Å²) in [7, 11) is 0. The van der Waals surface area contributed by atoms with Gasteiger partial charge in [0, 0.05) is 62.3 Å². The van der Waals surface area contributed by atoms with Gasteiger partial charge in [0.25, 0.3) is 11.1 Å². The Bertz CT molecular complexity index is 3680.